The van der Waals surface area contributed by atoms with Gasteiger partial charge in [-0.2, -0.15) is 0 Å². The lowest BCUT2D eigenvalue weighted by Crippen LogP contribution is -2.74. The van der Waals surface area contributed by atoms with E-state index in [2.05, 4.69) is 12.2 Å². The van der Waals surface area contributed by atoms with Crippen molar-refractivity contribution in [2.75, 3.05) is 6.61 Å². The van der Waals surface area contributed by atoms with Crippen LogP contribution in [-0.4, -0.2) is 46.5 Å². The molecule has 112 valence electrons. The summed E-state index contributed by atoms with van der Waals surface area (Å²) in [4.78, 5) is 27.3. The first kappa shape index (κ1) is 13.9. The smallest absolute Gasteiger partial charge is 0.249 e. The number of carbonyl (C=O) groups excluding carboxylic acids is 2. The standard InChI is InChI=1S/C15H24N2O3/c1-10-12(18)16-15(6-4-5-7-15)13(19)17(10)14(3)8-9-20-11(14)2/h10-11H,4-9H2,1-3H3,(H,16,18). The molecule has 0 aromatic carbocycles. The van der Waals surface area contributed by atoms with Gasteiger partial charge < -0.3 is 15.0 Å². The summed E-state index contributed by atoms with van der Waals surface area (Å²) in [6.07, 6.45) is 4.33. The van der Waals surface area contributed by atoms with Gasteiger partial charge in [0.05, 0.1) is 11.6 Å². The Bertz CT molecular complexity index is 444. The zero-order valence-electron chi connectivity index (χ0n) is 12.6. The second kappa shape index (κ2) is 4.45. The van der Waals surface area contributed by atoms with Gasteiger partial charge in [0.1, 0.15) is 11.6 Å². The third kappa shape index (κ3) is 1.72. The third-order valence-electron chi connectivity index (χ3n) is 5.62. The predicted octanol–water partition coefficient (Wildman–Crippen LogP) is 1.21. The highest BCUT2D eigenvalue weighted by atomic mass is 16.5. The Morgan fingerprint density at radius 2 is 1.85 bits per heavy atom. The number of carbonyl (C=O) groups is 2. The molecule has 2 aliphatic heterocycles. The van der Waals surface area contributed by atoms with Crippen molar-refractivity contribution in [2.24, 2.45) is 0 Å². The Kier molecular flexibility index (Phi) is 3.08. The first-order valence-electron chi connectivity index (χ1n) is 7.68. The van der Waals surface area contributed by atoms with E-state index in [1.54, 1.807) is 0 Å². The van der Waals surface area contributed by atoms with Gasteiger partial charge in [0.25, 0.3) is 0 Å². The Labute approximate surface area is 120 Å². The summed E-state index contributed by atoms with van der Waals surface area (Å²) in [5.41, 5.74) is -1.02. The lowest BCUT2D eigenvalue weighted by Gasteiger charge is -2.51. The van der Waals surface area contributed by atoms with Crippen LogP contribution in [0.1, 0.15) is 52.9 Å². The van der Waals surface area contributed by atoms with Crippen LogP contribution in [0.2, 0.25) is 0 Å². The van der Waals surface area contributed by atoms with Gasteiger partial charge >= 0.3 is 0 Å². The fourth-order valence-corrected chi connectivity index (χ4v) is 4.05. The van der Waals surface area contributed by atoms with Crippen LogP contribution in [0.15, 0.2) is 0 Å². The van der Waals surface area contributed by atoms with Crippen molar-refractivity contribution in [3.8, 4) is 0 Å². The lowest BCUT2D eigenvalue weighted by atomic mass is 9.83. The number of ether oxygens (including phenoxy) is 1. The molecule has 0 radical (unpaired) electrons. The number of piperazine rings is 1. The van der Waals surface area contributed by atoms with E-state index >= 15 is 0 Å². The number of nitrogens with zero attached hydrogens (tertiary/aromatic N) is 1. The molecule has 3 atom stereocenters. The van der Waals surface area contributed by atoms with Crippen molar-refractivity contribution < 1.29 is 14.3 Å². The largest absolute Gasteiger partial charge is 0.376 e. The maximum absolute atomic E-state index is 13.1. The molecule has 3 rings (SSSR count). The first-order chi connectivity index (χ1) is 9.41. The minimum absolute atomic E-state index is 0.0215. The fraction of sp³-hybridized carbons (Fsp3) is 0.867. The second-order valence-corrected chi connectivity index (χ2v) is 6.75. The maximum atomic E-state index is 13.1. The average molecular weight is 280 g/mol. The third-order valence-corrected chi connectivity index (χ3v) is 5.62. The molecule has 3 fully saturated rings. The Balaban J connectivity index is 1.99. The summed E-state index contributed by atoms with van der Waals surface area (Å²) in [6, 6.07) is -0.414. The molecule has 2 saturated heterocycles. The molecule has 0 aromatic rings. The van der Waals surface area contributed by atoms with Crippen LogP contribution in [0.5, 0.6) is 0 Å². The molecule has 5 nitrogen and oxygen atoms in total. The summed E-state index contributed by atoms with van der Waals surface area (Å²) in [5.74, 6) is 0.0776. The van der Waals surface area contributed by atoms with Crippen molar-refractivity contribution in [3.63, 3.8) is 0 Å². The van der Waals surface area contributed by atoms with E-state index in [4.69, 9.17) is 4.74 Å². The molecule has 1 spiro atoms. The van der Waals surface area contributed by atoms with E-state index < -0.39 is 11.6 Å². The molecule has 3 aliphatic rings. The van der Waals surface area contributed by atoms with Gasteiger partial charge in [-0.1, -0.05) is 12.8 Å². The predicted molar refractivity (Wildman–Crippen MR) is 74.1 cm³/mol. The SMILES string of the molecule is CC1C(=O)NC2(CCCC2)C(=O)N1C1(C)CCOC1C. The van der Waals surface area contributed by atoms with Crippen molar-refractivity contribution in [1.82, 2.24) is 10.2 Å². The monoisotopic (exact) mass is 280 g/mol. The molecule has 1 aliphatic carbocycles. The number of hydrogen-bond donors (Lipinski definition) is 1. The van der Waals surface area contributed by atoms with E-state index in [1.807, 2.05) is 18.7 Å². The normalized spacial score (nSPS) is 40.5. The van der Waals surface area contributed by atoms with Gasteiger partial charge in [-0.15, -0.1) is 0 Å². The van der Waals surface area contributed by atoms with Crippen molar-refractivity contribution in [3.05, 3.63) is 0 Å². The second-order valence-electron chi connectivity index (χ2n) is 6.75. The molecule has 2 heterocycles. The highest BCUT2D eigenvalue weighted by Gasteiger charge is 2.57. The van der Waals surface area contributed by atoms with Gasteiger partial charge in [0.2, 0.25) is 11.8 Å². The van der Waals surface area contributed by atoms with Gasteiger partial charge in [-0.25, -0.2) is 0 Å². The minimum Gasteiger partial charge on any atom is -0.376 e. The molecular formula is C15H24N2O3. The topological polar surface area (TPSA) is 58.6 Å². The first-order valence-corrected chi connectivity index (χ1v) is 7.68. The van der Waals surface area contributed by atoms with Crippen LogP contribution in [0.25, 0.3) is 0 Å². The molecule has 20 heavy (non-hydrogen) atoms. The summed E-state index contributed by atoms with van der Waals surface area (Å²) in [6.45, 7) is 6.54. The van der Waals surface area contributed by atoms with E-state index in [-0.39, 0.29) is 23.5 Å². The van der Waals surface area contributed by atoms with E-state index in [0.717, 1.165) is 32.1 Å². The Morgan fingerprint density at radius 1 is 1.20 bits per heavy atom. The van der Waals surface area contributed by atoms with Crippen molar-refractivity contribution >= 4 is 11.8 Å². The molecule has 1 N–H and O–H groups in total. The molecule has 5 heteroatoms. The van der Waals surface area contributed by atoms with Crippen LogP contribution in [0.3, 0.4) is 0 Å². The van der Waals surface area contributed by atoms with E-state index in [9.17, 15) is 9.59 Å². The van der Waals surface area contributed by atoms with E-state index in [1.165, 1.54) is 0 Å². The molecule has 3 unspecified atom stereocenters. The number of hydrogen-bond acceptors (Lipinski definition) is 3. The summed E-state index contributed by atoms with van der Waals surface area (Å²) < 4.78 is 5.68. The van der Waals surface area contributed by atoms with Crippen LogP contribution in [0.4, 0.5) is 0 Å². The zero-order valence-corrected chi connectivity index (χ0v) is 12.6. The highest BCUT2D eigenvalue weighted by molar-refractivity contribution is 6.00. The summed E-state index contributed by atoms with van der Waals surface area (Å²) in [5, 5.41) is 3.01. The van der Waals surface area contributed by atoms with Gasteiger partial charge in [0.15, 0.2) is 0 Å². The average Bonchev–Trinajstić information content (AvgIpc) is 2.98. The highest BCUT2D eigenvalue weighted by Crippen LogP contribution is 2.41. The maximum Gasteiger partial charge on any atom is 0.249 e. The summed E-state index contributed by atoms with van der Waals surface area (Å²) in [7, 11) is 0. The lowest BCUT2D eigenvalue weighted by molar-refractivity contribution is -0.163. The van der Waals surface area contributed by atoms with E-state index in [0.29, 0.717) is 6.61 Å². The molecule has 0 bridgehead atoms. The quantitative estimate of drug-likeness (QED) is 0.785. The fourth-order valence-electron chi connectivity index (χ4n) is 4.05. The number of nitrogens with one attached hydrogen (secondary N) is 1. The number of rotatable bonds is 1. The zero-order chi connectivity index (χ0) is 14.5. The van der Waals surface area contributed by atoms with Crippen LogP contribution < -0.4 is 5.32 Å². The van der Waals surface area contributed by atoms with Crippen molar-refractivity contribution in [2.45, 2.75) is 76.1 Å². The molecular weight excluding hydrogens is 256 g/mol. The molecule has 1 saturated carbocycles. The van der Waals surface area contributed by atoms with Crippen LogP contribution in [-0.2, 0) is 14.3 Å². The Hall–Kier alpha value is -1.10. The minimum atomic E-state index is -0.644. The van der Waals surface area contributed by atoms with Gasteiger partial charge in [-0.05, 0) is 40.0 Å². The number of amides is 2. The van der Waals surface area contributed by atoms with Crippen molar-refractivity contribution in [1.29, 1.82) is 0 Å². The Morgan fingerprint density at radius 3 is 2.40 bits per heavy atom. The van der Waals surface area contributed by atoms with Gasteiger partial charge in [-0.3, -0.25) is 9.59 Å². The van der Waals surface area contributed by atoms with Gasteiger partial charge in [0, 0.05) is 6.61 Å². The van der Waals surface area contributed by atoms with Crippen LogP contribution >= 0.6 is 0 Å². The van der Waals surface area contributed by atoms with Crippen LogP contribution in [0, 0.1) is 0 Å². The molecule has 2 amide bonds. The molecule has 0 aromatic heterocycles. The summed E-state index contributed by atoms with van der Waals surface area (Å²) >= 11 is 0.